The molecule has 0 fully saturated rings. The van der Waals surface area contributed by atoms with Gasteiger partial charge in [-0.2, -0.15) is 0 Å². The molecule has 22 heavy (non-hydrogen) atoms. The van der Waals surface area contributed by atoms with Gasteiger partial charge in [0.1, 0.15) is 5.75 Å². The minimum absolute atomic E-state index is 0.101. The number of anilines is 1. The predicted molar refractivity (Wildman–Crippen MR) is 98.9 cm³/mol. The lowest BCUT2D eigenvalue weighted by atomic mass is 9.99. The predicted octanol–water partition coefficient (Wildman–Crippen LogP) is 5.48. The van der Waals surface area contributed by atoms with Crippen molar-refractivity contribution in [2.45, 2.75) is 6.92 Å². The number of amides is 1. The molecule has 1 heterocycles. The summed E-state index contributed by atoms with van der Waals surface area (Å²) in [5, 5.41) is 13.0. The molecule has 0 saturated carbocycles. The number of phenolic OH excluding ortho intramolecular Hbond substituents is 1. The maximum atomic E-state index is 12.3. The highest BCUT2D eigenvalue weighted by Crippen LogP contribution is 2.40. The smallest absolute Gasteiger partial charge is 0.256 e. The fraction of sp³-hybridized carbons (Fsp3) is 0.0625. The van der Waals surface area contributed by atoms with E-state index in [1.54, 1.807) is 18.2 Å². The van der Waals surface area contributed by atoms with Crippen LogP contribution in [-0.2, 0) is 4.79 Å². The lowest BCUT2D eigenvalue weighted by molar-refractivity contribution is -0.110. The van der Waals surface area contributed by atoms with E-state index in [1.807, 2.05) is 19.1 Å². The molecule has 0 atom stereocenters. The Kier molecular flexibility index (Phi) is 4.18. The van der Waals surface area contributed by atoms with Gasteiger partial charge in [0.2, 0.25) is 0 Å². The van der Waals surface area contributed by atoms with Crippen LogP contribution >= 0.6 is 47.8 Å². The minimum Gasteiger partial charge on any atom is -0.506 e. The summed E-state index contributed by atoms with van der Waals surface area (Å²) >= 11 is 10.2. The Bertz CT molecular complexity index is 844. The van der Waals surface area contributed by atoms with Crippen LogP contribution in [0.15, 0.2) is 37.7 Å². The van der Waals surface area contributed by atoms with Crippen LogP contribution in [0.4, 0.5) is 5.69 Å². The van der Waals surface area contributed by atoms with Gasteiger partial charge in [-0.05, 0) is 58.8 Å². The summed E-state index contributed by atoms with van der Waals surface area (Å²) in [6.45, 7) is 1.95. The van der Waals surface area contributed by atoms with Crippen molar-refractivity contribution in [2.24, 2.45) is 0 Å². The third-order valence-electron chi connectivity index (χ3n) is 3.52. The minimum atomic E-state index is -0.174. The molecule has 0 spiro atoms. The van der Waals surface area contributed by atoms with Crippen molar-refractivity contribution in [3.05, 3.63) is 54.4 Å². The van der Waals surface area contributed by atoms with Gasteiger partial charge in [-0.25, -0.2) is 0 Å². The number of phenols is 1. The summed E-state index contributed by atoms with van der Waals surface area (Å²) in [6.07, 6.45) is 1.70. The lowest BCUT2D eigenvalue weighted by Crippen LogP contribution is -2.03. The first-order valence-electron chi connectivity index (χ1n) is 6.39. The third kappa shape index (κ3) is 2.64. The summed E-state index contributed by atoms with van der Waals surface area (Å²) in [4.78, 5) is 12.3. The Balaban J connectivity index is 2.23. The number of hydrogen-bond acceptors (Lipinski definition) is 2. The molecule has 0 bridgehead atoms. The van der Waals surface area contributed by atoms with E-state index in [9.17, 15) is 9.90 Å². The number of fused-ring (bicyclic) bond motifs is 1. The lowest BCUT2D eigenvalue weighted by Gasteiger charge is -2.07. The van der Waals surface area contributed by atoms with Gasteiger partial charge in [-0.3, -0.25) is 4.79 Å². The number of halogens is 3. The molecular formula is C16H10Br3NO2. The largest absolute Gasteiger partial charge is 0.506 e. The zero-order valence-corrected chi connectivity index (χ0v) is 16.1. The highest BCUT2D eigenvalue weighted by molar-refractivity contribution is 9.11. The van der Waals surface area contributed by atoms with Crippen molar-refractivity contribution in [3.63, 3.8) is 0 Å². The van der Waals surface area contributed by atoms with Crippen molar-refractivity contribution in [1.82, 2.24) is 0 Å². The fourth-order valence-corrected chi connectivity index (χ4v) is 4.02. The Hall–Kier alpha value is -1.11. The summed E-state index contributed by atoms with van der Waals surface area (Å²) in [5.74, 6) is -0.0729. The Labute approximate surface area is 152 Å². The number of aromatic hydroxyl groups is 1. The average molecular weight is 488 g/mol. The molecule has 0 saturated heterocycles. The SMILES string of the molecule is Cc1c(Br)ccc2c1C(=Cc1cc(Br)cc(Br)c1O)C(=O)N2. The number of hydrogen-bond donors (Lipinski definition) is 2. The van der Waals surface area contributed by atoms with Gasteiger partial charge in [-0.1, -0.05) is 31.9 Å². The maximum Gasteiger partial charge on any atom is 0.256 e. The van der Waals surface area contributed by atoms with Crippen molar-refractivity contribution in [3.8, 4) is 5.75 Å². The van der Waals surface area contributed by atoms with Gasteiger partial charge in [0.15, 0.2) is 0 Å². The number of carbonyl (C=O) groups is 1. The van der Waals surface area contributed by atoms with Crippen molar-refractivity contribution >= 4 is 71.0 Å². The van der Waals surface area contributed by atoms with Gasteiger partial charge < -0.3 is 10.4 Å². The normalized spacial score (nSPS) is 15.1. The van der Waals surface area contributed by atoms with Crippen LogP contribution in [0.1, 0.15) is 16.7 Å². The summed E-state index contributed by atoms with van der Waals surface area (Å²) in [6, 6.07) is 7.29. The van der Waals surface area contributed by atoms with Crippen molar-refractivity contribution < 1.29 is 9.90 Å². The topological polar surface area (TPSA) is 49.3 Å². The van der Waals surface area contributed by atoms with Gasteiger partial charge in [-0.15, -0.1) is 0 Å². The highest BCUT2D eigenvalue weighted by Gasteiger charge is 2.27. The molecule has 6 heteroatoms. The molecular weight excluding hydrogens is 478 g/mol. The van der Waals surface area contributed by atoms with Crippen LogP contribution in [0.25, 0.3) is 11.6 Å². The molecule has 1 amide bonds. The highest BCUT2D eigenvalue weighted by atomic mass is 79.9. The summed E-state index contributed by atoms with van der Waals surface area (Å²) < 4.78 is 2.32. The van der Waals surface area contributed by atoms with E-state index in [1.165, 1.54) is 0 Å². The first-order chi connectivity index (χ1) is 10.4. The second-order valence-corrected chi connectivity index (χ2v) is 7.56. The molecule has 2 aromatic carbocycles. The molecule has 0 aliphatic carbocycles. The second kappa shape index (κ2) is 5.83. The van der Waals surface area contributed by atoms with E-state index in [-0.39, 0.29) is 11.7 Å². The second-order valence-electron chi connectivity index (χ2n) is 4.93. The Morgan fingerprint density at radius 2 is 1.86 bits per heavy atom. The van der Waals surface area contributed by atoms with Crippen LogP contribution in [0, 0.1) is 6.92 Å². The van der Waals surface area contributed by atoms with Gasteiger partial charge in [0.05, 0.1) is 10.0 Å². The van der Waals surface area contributed by atoms with Crippen LogP contribution in [0.5, 0.6) is 5.75 Å². The van der Waals surface area contributed by atoms with Crippen LogP contribution < -0.4 is 5.32 Å². The van der Waals surface area contributed by atoms with E-state index in [0.717, 1.165) is 25.8 Å². The number of rotatable bonds is 1. The molecule has 3 nitrogen and oxygen atoms in total. The average Bonchev–Trinajstić information content (AvgIpc) is 2.77. The van der Waals surface area contributed by atoms with Crippen LogP contribution in [0.2, 0.25) is 0 Å². The quantitative estimate of drug-likeness (QED) is 0.523. The van der Waals surface area contributed by atoms with E-state index in [0.29, 0.717) is 15.6 Å². The van der Waals surface area contributed by atoms with E-state index in [2.05, 4.69) is 53.1 Å². The molecule has 1 aliphatic rings. The fourth-order valence-electron chi connectivity index (χ4n) is 2.43. The zero-order chi connectivity index (χ0) is 16.0. The monoisotopic (exact) mass is 485 g/mol. The number of nitrogens with one attached hydrogen (secondary N) is 1. The molecule has 0 unspecified atom stereocenters. The van der Waals surface area contributed by atoms with Crippen LogP contribution in [0.3, 0.4) is 0 Å². The molecule has 112 valence electrons. The number of carbonyl (C=O) groups excluding carboxylic acids is 1. The first kappa shape index (κ1) is 15.8. The third-order valence-corrected chi connectivity index (χ3v) is 5.44. The standard InChI is InChI=1S/C16H10Br3NO2/c1-7-11(18)2-3-13-14(7)10(16(22)20-13)5-8-4-9(17)6-12(19)15(8)21/h2-6,21H,1H3,(H,20,22). The first-order valence-corrected chi connectivity index (χ1v) is 8.77. The maximum absolute atomic E-state index is 12.3. The molecule has 0 aromatic heterocycles. The summed E-state index contributed by atoms with van der Waals surface area (Å²) in [5.41, 5.74) is 3.73. The van der Waals surface area contributed by atoms with Gasteiger partial charge in [0, 0.05) is 25.8 Å². The Morgan fingerprint density at radius 1 is 1.14 bits per heavy atom. The molecule has 0 radical (unpaired) electrons. The molecule has 3 rings (SSSR count). The Morgan fingerprint density at radius 3 is 2.59 bits per heavy atom. The van der Waals surface area contributed by atoms with Crippen molar-refractivity contribution in [2.75, 3.05) is 5.32 Å². The van der Waals surface area contributed by atoms with Crippen LogP contribution in [-0.4, -0.2) is 11.0 Å². The van der Waals surface area contributed by atoms with Gasteiger partial charge in [0.25, 0.3) is 5.91 Å². The number of benzene rings is 2. The van der Waals surface area contributed by atoms with Gasteiger partial charge >= 0.3 is 0 Å². The van der Waals surface area contributed by atoms with E-state index < -0.39 is 0 Å². The zero-order valence-electron chi connectivity index (χ0n) is 11.4. The summed E-state index contributed by atoms with van der Waals surface area (Å²) in [7, 11) is 0. The molecule has 2 N–H and O–H groups in total. The van der Waals surface area contributed by atoms with Crippen molar-refractivity contribution in [1.29, 1.82) is 0 Å². The molecule has 2 aromatic rings. The van der Waals surface area contributed by atoms with E-state index in [4.69, 9.17) is 0 Å². The van der Waals surface area contributed by atoms with E-state index >= 15 is 0 Å². The molecule has 1 aliphatic heterocycles.